The van der Waals surface area contributed by atoms with E-state index in [4.69, 9.17) is 0 Å². The third kappa shape index (κ3) is 4.58. The Kier molecular flexibility index (Phi) is 5.91. The third-order valence-electron chi connectivity index (χ3n) is 2.19. The second-order valence-electron chi connectivity index (χ2n) is 3.64. The van der Waals surface area contributed by atoms with E-state index in [0.29, 0.717) is 12.2 Å². The van der Waals surface area contributed by atoms with Crippen molar-refractivity contribution in [3.63, 3.8) is 0 Å². The first kappa shape index (κ1) is 13.6. The molecule has 0 fully saturated rings. The summed E-state index contributed by atoms with van der Waals surface area (Å²) in [5, 5.41) is 0. The van der Waals surface area contributed by atoms with Crippen molar-refractivity contribution in [2.75, 3.05) is 5.75 Å². The molecule has 0 saturated carbocycles. The smallest absolute Gasteiger partial charge is 0.129 e. The first-order valence-electron chi connectivity index (χ1n) is 5.23. The third-order valence-corrected chi connectivity index (χ3v) is 4.65. The van der Waals surface area contributed by atoms with E-state index in [2.05, 4.69) is 15.9 Å². The summed E-state index contributed by atoms with van der Waals surface area (Å²) in [5.74, 6) is 0.822. The van der Waals surface area contributed by atoms with Gasteiger partial charge in [-0.3, -0.25) is 4.21 Å². The van der Waals surface area contributed by atoms with Crippen LogP contribution in [0.5, 0.6) is 0 Å². The molecule has 0 heterocycles. The molecule has 1 aromatic rings. The van der Waals surface area contributed by atoms with Crippen molar-refractivity contribution in [3.05, 3.63) is 28.7 Å². The minimum absolute atomic E-state index is 0.201. The molecule has 16 heavy (non-hydrogen) atoms. The molecule has 0 radical (unpaired) electrons. The van der Waals surface area contributed by atoms with Crippen molar-refractivity contribution in [2.24, 2.45) is 0 Å². The Bertz CT molecular complexity index is 390. The van der Waals surface area contributed by atoms with Gasteiger partial charge in [-0.1, -0.05) is 12.1 Å². The van der Waals surface area contributed by atoms with Crippen LogP contribution in [0.2, 0.25) is 0 Å². The fraction of sp³-hybridized carbons (Fsp3) is 0.417. The molecule has 0 aliphatic heterocycles. The zero-order chi connectivity index (χ0) is 12.0. The Hall–Kier alpha value is -0.480. The second kappa shape index (κ2) is 6.97. The van der Waals surface area contributed by atoms with Crippen LogP contribution >= 0.6 is 15.9 Å². The van der Waals surface area contributed by atoms with Crippen LogP contribution in [0.4, 0.5) is 0 Å². The van der Waals surface area contributed by atoms with Crippen molar-refractivity contribution in [3.8, 4) is 0 Å². The number of hydrogen-bond acceptors (Lipinski definition) is 2. The van der Waals surface area contributed by atoms with Gasteiger partial charge in [-0.25, -0.2) is 0 Å². The summed E-state index contributed by atoms with van der Waals surface area (Å²) in [5.41, 5.74) is 0. The molecule has 0 N–H and O–H groups in total. The van der Waals surface area contributed by atoms with Crippen molar-refractivity contribution in [1.29, 1.82) is 0 Å². The number of unbranched alkanes of at least 4 members (excludes halogenated alkanes) is 1. The normalized spacial score (nSPS) is 12.4. The van der Waals surface area contributed by atoms with Crippen LogP contribution in [0.15, 0.2) is 33.6 Å². The van der Waals surface area contributed by atoms with E-state index in [1.165, 1.54) is 0 Å². The summed E-state index contributed by atoms with van der Waals surface area (Å²) in [6, 6.07) is 7.54. The monoisotopic (exact) mass is 302 g/mol. The zero-order valence-corrected chi connectivity index (χ0v) is 11.6. The quantitative estimate of drug-likeness (QED) is 0.756. The first-order valence-corrected chi connectivity index (χ1v) is 7.35. The van der Waals surface area contributed by atoms with Crippen LogP contribution in [0.25, 0.3) is 0 Å². The first-order chi connectivity index (χ1) is 7.61. The molecule has 0 aliphatic rings. The molecule has 88 valence electrons. The van der Waals surface area contributed by atoms with Gasteiger partial charge in [0.15, 0.2) is 0 Å². The predicted octanol–water partition coefficient (Wildman–Crippen LogP) is 3.32. The molecular weight excluding hydrogens is 288 g/mol. The largest absolute Gasteiger partial charge is 0.300 e. The summed E-state index contributed by atoms with van der Waals surface area (Å²) >= 11 is 3.38. The Balaban J connectivity index is 2.41. The summed E-state index contributed by atoms with van der Waals surface area (Å²) in [4.78, 5) is 11.6. The lowest BCUT2D eigenvalue weighted by Gasteiger charge is -2.03. The van der Waals surface area contributed by atoms with Crippen LogP contribution in [0.3, 0.4) is 0 Å². The number of halogens is 1. The van der Waals surface area contributed by atoms with Gasteiger partial charge in [0.2, 0.25) is 0 Å². The van der Waals surface area contributed by atoms with Gasteiger partial charge in [0, 0.05) is 16.6 Å². The maximum Gasteiger partial charge on any atom is 0.129 e. The van der Waals surface area contributed by atoms with Gasteiger partial charge in [0.1, 0.15) is 5.78 Å². The number of ketones is 1. The van der Waals surface area contributed by atoms with Gasteiger partial charge in [0.25, 0.3) is 0 Å². The molecule has 1 aromatic carbocycles. The molecular formula is C12H15BrO2S. The maximum atomic E-state index is 11.9. The van der Waals surface area contributed by atoms with Crippen LogP contribution < -0.4 is 0 Å². The Morgan fingerprint density at radius 1 is 1.31 bits per heavy atom. The van der Waals surface area contributed by atoms with Crippen LogP contribution in [-0.2, 0) is 15.6 Å². The highest BCUT2D eigenvalue weighted by atomic mass is 79.9. The van der Waals surface area contributed by atoms with Gasteiger partial charge in [-0.15, -0.1) is 0 Å². The van der Waals surface area contributed by atoms with Crippen molar-refractivity contribution in [2.45, 2.75) is 31.1 Å². The fourth-order valence-electron chi connectivity index (χ4n) is 1.35. The average Bonchev–Trinajstić information content (AvgIpc) is 2.24. The summed E-state index contributed by atoms with van der Waals surface area (Å²) in [6.07, 6.45) is 2.24. The van der Waals surface area contributed by atoms with Gasteiger partial charge in [-0.2, -0.15) is 0 Å². The summed E-state index contributed by atoms with van der Waals surface area (Å²) < 4.78 is 12.8. The van der Waals surface area contributed by atoms with Gasteiger partial charge in [-0.05, 0) is 47.8 Å². The van der Waals surface area contributed by atoms with Gasteiger partial charge in [0.05, 0.1) is 15.7 Å². The van der Waals surface area contributed by atoms with Gasteiger partial charge >= 0.3 is 0 Å². The number of rotatable bonds is 6. The van der Waals surface area contributed by atoms with E-state index >= 15 is 0 Å². The van der Waals surface area contributed by atoms with E-state index in [-0.39, 0.29) is 5.78 Å². The highest BCUT2D eigenvalue weighted by Crippen LogP contribution is 2.20. The molecule has 0 bridgehead atoms. The van der Waals surface area contributed by atoms with E-state index in [1.807, 2.05) is 24.3 Å². The molecule has 2 nitrogen and oxygen atoms in total. The minimum atomic E-state index is -0.968. The van der Waals surface area contributed by atoms with E-state index in [0.717, 1.165) is 22.2 Å². The molecule has 0 aromatic heterocycles. The van der Waals surface area contributed by atoms with Crippen LogP contribution in [0, 0.1) is 0 Å². The van der Waals surface area contributed by atoms with E-state index < -0.39 is 10.8 Å². The van der Waals surface area contributed by atoms with E-state index in [9.17, 15) is 9.00 Å². The highest BCUT2D eigenvalue weighted by molar-refractivity contribution is 9.10. The SMILES string of the molecule is CC(=O)CCCCS(=O)c1ccccc1Br. The molecule has 0 aliphatic carbocycles. The minimum Gasteiger partial charge on any atom is -0.300 e. The highest BCUT2D eigenvalue weighted by Gasteiger charge is 2.07. The molecule has 1 unspecified atom stereocenters. The number of Topliss-reactive ketones (excluding diaryl/α,β-unsaturated/α-hetero) is 1. The molecule has 0 spiro atoms. The Morgan fingerprint density at radius 3 is 2.62 bits per heavy atom. The fourth-order valence-corrected chi connectivity index (χ4v) is 3.37. The van der Waals surface area contributed by atoms with Crippen LogP contribution in [0.1, 0.15) is 26.2 Å². The topological polar surface area (TPSA) is 34.1 Å². The zero-order valence-electron chi connectivity index (χ0n) is 9.24. The van der Waals surface area contributed by atoms with Gasteiger partial charge < -0.3 is 4.79 Å². The van der Waals surface area contributed by atoms with Crippen molar-refractivity contribution >= 4 is 32.5 Å². The second-order valence-corrected chi connectivity index (χ2v) is 6.03. The number of carbonyl (C=O) groups excluding carboxylic acids is 1. The molecule has 1 atom stereocenters. The average molecular weight is 303 g/mol. The molecule has 0 amide bonds. The number of carbonyl (C=O) groups is 1. The predicted molar refractivity (Wildman–Crippen MR) is 69.9 cm³/mol. The maximum absolute atomic E-state index is 11.9. The number of hydrogen-bond donors (Lipinski definition) is 0. The molecule has 0 saturated heterocycles. The Labute approximate surface area is 107 Å². The van der Waals surface area contributed by atoms with E-state index in [1.54, 1.807) is 6.92 Å². The van der Waals surface area contributed by atoms with Crippen molar-refractivity contribution < 1.29 is 9.00 Å². The standard InChI is InChI=1S/C12H15BrO2S/c1-10(14)6-4-5-9-16(15)12-8-3-2-7-11(12)13/h2-3,7-8H,4-6,9H2,1H3. The summed E-state index contributed by atoms with van der Waals surface area (Å²) in [7, 11) is -0.968. The number of benzene rings is 1. The Morgan fingerprint density at radius 2 is 2.00 bits per heavy atom. The lowest BCUT2D eigenvalue weighted by molar-refractivity contribution is -0.117. The molecule has 1 rings (SSSR count). The van der Waals surface area contributed by atoms with Crippen LogP contribution in [-0.4, -0.2) is 15.7 Å². The van der Waals surface area contributed by atoms with Crippen molar-refractivity contribution in [1.82, 2.24) is 0 Å². The lowest BCUT2D eigenvalue weighted by Crippen LogP contribution is -2.00. The summed E-state index contributed by atoms with van der Waals surface area (Å²) in [6.45, 7) is 1.59. The lowest BCUT2D eigenvalue weighted by atomic mass is 10.2. The molecule has 4 heteroatoms.